The Bertz CT molecular complexity index is 893. The van der Waals surface area contributed by atoms with Gasteiger partial charge in [-0.25, -0.2) is 0 Å². The monoisotopic (exact) mass is 389 g/mol. The number of amides is 2. The van der Waals surface area contributed by atoms with Crippen molar-refractivity contribution in [2.45, 2.75) is 12.3 Å². The summed E-state index contributed by atoms with van der Waals surface area (Å²) in [6.45, 7) is 0.974. The van der Waals surface area contributed by atoms with Gasteiger partial charge in [0.2, 0.25) is 0 Å². The van der Waals surface area contributed by atoms with Gasteiger partial charge in [0.15, 0.2) is 0 Å². The summed E-state index contributed by atoms with van der Waals surface area (Å²) in [7, 11) is 3.93. The molecule has 1 aromatic carbocycles. The lowest BCUT2D eigenvalue weighted by molar-refractivity contribution is -0.384. The fourth-order valence-corrected chi connectivity index (χ4v) is 3.63. The van der Waals surface area contributed by atoms with Crippen molar-refractivity contribution in [1.82, 2.24) is 9.80 Å². The van der Waals surface area contributed by atoms with E-state index in [1.54, 1.807) is 11.8 Å². The Labute approximate surface area is 160 Å². The quantitative estimate of drug-likeness (QED) is 0.296. The lowest BCUT2D eigenvalue weighted by atomic mass is 10.1. The SMILES string of the molecule is CN(C)Cc1ccc(CSCCN2C(=O)c3ccc([N+](=O)[O-])cc3C2=O)o1. The Morgan fingerprint density at radius 2 is 1.81 bits per heavy atom. The largest absolute Gasteiger partial charge is 0.464 e. The second kappa shape index (κ2) is 7.93. The number of non-ortho nitro benzene ring substituents is 1. The zero-order valence-corrected chi connectivity index (χ0v) is 15.8. The smallest absolute Gasteiger partial charge is 0.270 e. The third-order valence-electron chi connectivity index (χ3n) is 4.06. The van der Waals surface area contributed by atoms with E-state index < -0.39 is 16.7 Å². The summed E-state index contributed by atoms with van der Waals surface area (Å²) < 4.78 is 5.72. The van der Waals surface area contributed by atoms with Crippen LogP contribution in [0.1, 0.15) is 32.2 Å². The number of hydrogen-bond acceptors (Lipinski definition) is 7. The van der Waals surface area contributed by atoms with Gasteiger partial charge in [-0.05, 0) is 32.3 Å². The lowest BCUT2D eigenvalue weighted by Crippen LogP contribution is -2.31. The highest BCUT2D eigenvalue weighted by molar-refractivity contribution is 7.98. The van der Waals surface area contributed by atoms with Crippen molar-refractivity contribution in [2.75, 3.05) is 26.4 Å². The van der Waals surface area contributed by atoms with Gasteiger partial charge < -0.3 is 9.32 Å². The maximum atomic E-state index is 12.4. The molecule has 0 radical (unpaired) electrons. The summed E-state index contributed by atoms with van der Waals surface area (Å²) in [6.07, 6.45) is 0. The molecule has 2 amide bonds. The van der Waals surface area contributed by atoms with Crippen LogP contribution in [0.15, 0.2) is 34.7 Å². The normalized spacial score (nSPS) is 13.5. The van der Waals surface area contributed by atoms with Crippen molar-refractivity contribution in [3.05, 3.63) is 63.1 Å². The van der Waals surface area contributed by atoms with Crippen LogP contribution in [0.5, 0.6) is 0 Å². The molecule has 1 aromatic heterocycles. The summed E-state index contributed by atoms with van der Waals surface area (Å²) in [5.41, 5.74) is 0.117. The Kier molecular flexibility index (Phi) is 5.62. The number of furan rings is 1. The Morgan fingerprint density at radius 3 is 2.52 bits per heavy atom. The molecular formula is C18H19N3O5S. The molecule has 9 heteroatoms. The van der Waals surface area contributed by atoms with Gasteiger partial charge in [-0.3, -0.25) is 24.6 Å². The van der Waals surface area contributed by atoms with Crippen molar-refractivity contribution in [3.8, 4) is 0 Å². The van der Waals surface area contributed by atoms with Crippen LogP contribution in [0.2, 0.25) is 0 Å². The molecular weight excluding hydrogens is 370 g/mol. The van der Waals surface area contributed by atoms with E-state index in [9.17, 15) is 19.7 Å². The number of nitrogens with zero attached hydrogens (tertiary/aromatic N) is 3. The first-order valence-corrected chi connectivity index (χ1v) is 9.47. The third kappa shape index (κ3) is 4.20. The molecule has 3 rings (SSSR count). The first-order valence-electron chi connectivity index (χ1n) is 8.31. The summed E-state index contributed by atoms with van der Waals surface area (Å²) in [5.74, 6) is 2.04. The molecule has 0 saturated carbocycles. The minimum absolute atomic E-state index is 0.0959. The van der Waals surface area contributed by atoms with Crippen LogP contribution in [0.4, 0.5) is 5.69 Å². The van der Waals surface area contributed by atoms with Crippen LogP contribution < -0.4 is 0 Å². The summed E-state index contributed by atoms with van der Waals surface area (Å²) in [4.78, 5) is 38.2. The van der Waals surface area contributed by atoms with Crippen molar-refractivity contribution < 1.29 is 18.9 Å². The molecule has 0 spiro atoms. The molecule has 0 unspecified atom stereocenters. The number of hydrogen-bond donors (Lipinski definition) is 0. The number of imide groups is 1. The van der Waals surface area contributed by atoms with Gasteiger partial charge in [0.25, 0.3) is 17.5 Å². The van der Waals surface area contributed by atoms with Crippen molar-refractivity contribution in [3.63, 3.8) is 0 Å². The fourth-order valence-electron chi connectivity index (χ4n) is 2.82. The van der Waals surface area contributed by atoms with Crippen LogP contribution in [0, 0.1) is 10.1 Å². The first-order chi connectivity index (χ1) is 12.9. The predicted molar refractivity (Wildman–Crippen MR) is 101 cm³/mol. The number of carbonyl (C=O) groups is 2. The van der Waals surface area contributed by atoms with Gasteiger partial charge in [0, 0.05) is 24.4 Å². The molecule has 0 atom stereocenters. The van der Waals surface area contributed by atoms with Crippen LogP contribution in [-0.4, -0.2) is 52.9 Å². The zero-order valence-electron chi connectivity index (χ0n) is 15.0. The van der Waals surface area contributed by atoms with Crippen LogP contribution >= 0.6 is 11.8 Å². The number of benzene rings is 1. The minimum Gasteiger partial charge on any atom is -0.464 e. The average molecular weight is 389 g/mol. The van der Waals surface area contributed by atoms with Crippen molar-refractivity contribution in [2.24, 2.45) is 0 Å². The van der Waals surface area contributed by atoms with E-state index in [1.165, 1.54) is 12.1 Å². The molecule has 27 heavy (non-hydrogen) atoms. The molecule has 0 aliphatic carbocycles. The number of nitro benzene ring substituents is 1. The summed E-state index contributed by atoms with van der Waals surface area (Å²) in [6, 6.07) is 7.61. The fraction of sp³-hybridized carbons (Fsp3) is 0.333. The summed E-state index contributed by atoms with van der Waals surface area (Å²) >= 11 is 1.55. The molecule has 1 aliphatic heterocycles. The van der Waals surface area contributed by atoms with E-state index in [1.807, 2.05) is 31.1 Å². The van der Waals surface area contributed by atoms with Crippen molar-refractivity contribution >= 4 is 29.3 Å². The number of carbonyl (C=O) groups excluding carboxylic acids is 2. The second-order valence-corrected chi connectivity index (χ2v) is 7.51. The standard InChI is InChI=1S/C18H19N3O5S/c1-19(2)10-13-4-5-14(26-13)11-27-8-7-20-17(22)15-6-3-12(21(24)25)9-16(15)18(20)23/h3-6,9H,7-8,10-11H2,1-2H3. The Hall–Kier alpha value is -2.65. The first kappa shape index (κ1) is 19.1. The minimum atomic E-state index is -0.579. The molecule has 0 N–H and O–H groups in total. The molecule has 2 aromatic rings. The van der Waals surface area contributed by atoms with Crippen LogP contribution in [0.3, 0.4) is 0 Å². The maximum absolute atomic E-state index is 12.4. The molecule has 0 saturated heterocycles. The molecule has 0 fully saturated rings. The topological polar surface area (TPSA) is 96.9 Å². The van der Waals surface area contributed by atoms with E-state index >= 15 is 0 Å². The van der Waals surface area contributed by atoms with E-state index in [0.29, 0.717) is 11.5 Å². The number of nitro groups is 1. The number of thioether (sulfide) groups is 1. The highest BCUT2D eigenvalue weighted by Gasteiger charge is 2.36. The zero-order chi connectivity index (χ0) is 19.6. The molecule has 8 nitrogen and oxygen atoms in total. The van der Waals surface area contributed by atoms with E-state index in [-0.39, 0.29) is 23.4 Å². The van der Waals surface area contributed by atoms with Gasteiger partial charge >= 0.3 is 0 Å². The predicted octanol–water partition coefficient (Wildman–Crippen LogP) is 2.78. The second-order valence-electron chi connectivity index (χ2n) is 6.41. The van der Waals surface area contributed by atoms with Gasteiger partial charge in [-0.15, -0.1) is 0 Å². The van der Waals surface area contributed by atoms with Gasteiger partial charge in [-0.1, -0.05) is 0 Å². The molecule has 142 valence electrons. The van der Waals surface area contributed by atoms with Gasteiger partial charge in [-0.2, -0.15) is 11.8 Å². The average Bonchev–Trinajstić information content (AvgIpc) is 3.15. The highest BCUT2D eigenvalue weighted by atomic mass is 32.2. The molecule has 1 aliphatic rings. The Balaban J connectivity index is 1.54. The van der Waals surface area contributed by atoms with Gasteiger partial charge in [0.05, 0.1) is 28.3 Å². The van der Waals surface area contributed by atoms with Crippen LogP contribution in [-0.2, 0) is 12.3 Å². The van der Waals surface area contributed by atoms with Crippen LogP contribution in [0.25, 0.3) is 0 Å². The summed E-state index contributed by atoms with van der Waals surface area (Å²) in [5, 5.41) is 10.9. The van der Waals surface area contributed by atoms with E-state index in [0.717, 1.165) is 29.0 Å². The van der Waals surface area contributed by atoms with Crippen molar-refractivity contribution in [1.29, 1.82) is 0 Å². The van der Waals surface area contributed by atoms with Gasteiger partial charge in [0.1, 0.15) is 11.5 Å². The molecule has 0 bridgehead atoms. The number of fused-ring (bicyclic) bond motifs is 1. The lowest BCUT2D eigenvalue weighted by Gasteiger charge is -2.12. The molecule has 2 heterocycles. The highest BCUT2D eigenvalue weighted by Crippen LogP contribution is 2.27. The third-order valence-corrected chi connectivity index (χ3v) is 5.02. The van der Waals surface area contributed by atoms with E-state index in [2.05, 4.69) is 0 Å². The maximum Gasteiger partial charge on any atom is 0.270 e. The number of rotatable bonds is 8. The Morgan fingerprint density at radius 1 is 1.11 bits per heavy atom. The van der Waals surface area contributed by atoms with E-state index in [4.69, 9.17) is 4.42 Å².